The number of nitrogens with zero attached hydrogens (tertiary/aromatic N) is 1. The van der Waals surface area contributed by atoms with E-state index in [0.717, 1.165) is 10.1 Å². The first kappa shape index (κ1) is 24.7. The monoisotopic (exact) mass is 518 g/mol. The summed E-state index contributed by atoms with van der Waals surface area (Å²) >= 11 is 2.73. The van der Waals surface area contributed by atoms with E-state index in [2.05, 4.69) is 5.32 Å². The van der Waals surface area contributed by atoms with Crippen molar-refractivity contribution in [1.29, 1.82) is 0 Å². The van der Waals surface area contributed by atoms with Gasteiger partial charge in [-0.1, -0.05) is 30.3 Å². The van der Waals surface area contributed by atoms with Gasteiger partial charge in [0.2, 0.25) is 15.9 Å². The number of hydrogen-bond acceptors (Lipinski definition) is 7. The molecule has 0 radical (unpaired) electrons. The van der Waals surface area contributed by atoms with Crippen LogP contribution >= 0.6 is 23.1 Å². The summed E-state index contributed by atoms with van der Waals surface area (Å²) in [7, 11) is -3.63. The fourth-order valence-corrected chi connectivity index (χ4v) is 7.77. The molecular formula is C24H26N2O5S3. The standard InChI is InChI=1S/C24H26N2O5S3/c1-3-31-24(28)21-17-8-4-5-9-18(17)33-23(21)25-22(27)16-12-14-26(15-13-16)34(29,30)20-11-7-6-10-19(20)32-2/h4-11,16H,3,12-15H2,1-2H3,(H,25,27). The van der Waals surface area contributed by atoms with Crippen LogP contribution in [0.3, 0.4) is 0 Å². The van der Waals surface area contributed by atoms with Crippen LogP contribution in [0, 0.1) is 5.92 Å². The minimum atomic E-state index is -3.63. The largest absolute Gasteiger partial charge is 0.462 e. The maximum Gasteiger partial charge on any atom is 0.341 e. The number of hydrogen-bond donors (Lipinski definition) is 1. The molecule has 0 saturated carbocycles. The van der Waals surface area contributed by atoms with Gasteiger partial charge in [0.05, 0.1) is 11.5 Å². The van der Waals surface area contributed by atoms with Crippen LogP contribution in [0.15, 0.2) is 58.3 Å². The highest BCUT2D eigenvalue weighted by molar-refractivity contribution is 7.99. The van der Waals surface area contributed by atoms with Crippen molar-refractivity contribution in [2.24, 2.45) is 5.92 Å². The predicted octanol–water partition coefficient (Wildman–Crippen LogP) is 4.84. The Labute approximate surface area is 207 Å². The van der Waals surface area contributed by atoms with Crippen LogP contribution in [0.25, 0.3) is 10.1 Å². The fraction of sp³-hybridized carbons (Fsp3) is 0.333. The van der Waals surface area contributed by atoms with Crippen molar-refractivity contribution in [3.63, 3.8) is 0 Å². The Morgan fingerprint density at radius 2 is 1.79 bits per heavy atom. The lowest BCUT2D eigenvalue weighted by Crippen LogP contribution is -2.41. The van der Waals surface area contributed by atoms with E-state index in [9.17, 15) is 18.0 Å². The second kappa shape index (κ2) is 10.5. The van der Waals surface area contributed by atoms with E-state index in [1.807, 2.05) is 36.6 Å². The molecule has 1 fully saturated rings. The highest BCUT2D eigenvalue weighted by Crippen LogP contribution is 2.37. The fourth-order valence-electron chi connectivity index (χ4n) is 4.08. The molecule has 7 nitrogen and oxygen atoms in total. The van der Waals surface area contributed by atoms with Gasteiger partial charge in [0.1, 0.15) is 10.6 Å². The molecule has 1 aliphatic heterocycles. The third kappa shape index (κ3) is 4.86. The number of amides is 1. The van der Waals surface area contributed by atoms with Gasteiger partial charge < -0.3 is 10.1 Å². The zero-order chi connectivity index (χ0) is 24.3. The molecule has 0 spiro atoms. The Bertz CT molecular complexity index is 1310. The van der Waals surface area contributed by atoms with Crippen molar-refractivity contribution in [3.05, 3.63) is 54.1 Å². The molecule has 3 aromatic rings. The van der Waals surface area contributed by atoms with Crippen molar-refractivity contribution >= 4 is 60.1 Å². The molecular weight excluding hydrogens is 492 g/mol. The van der Waals surface area contributed by atoms with Crippen LogP contribution in [0.2, 0.25) is 0 Å². The van der Waals surface area contributed by atoms with Gasteiger partial charge in [0.15, 0.2) is 0 Å². The first-order valence-electron chi connectivity index (χ1n) is 11.0. The van der Waals surface area contributed by atoms with Crippen molar-refractivity contribution in [1.82, 2.24) is 4.31 Å². The quantitative estimate of drug-likeness (QED) is 0.355. The number of anilines is 1. The highest BCUT2D eigenvalue weighted by atomic mass is 32.2. The molecule has 2 heterocycles. The summed E-state index contributed by atoms with van der Waals surface area (Å²) in [5.74, 6) is -1.02. The second-order valence-electron chi connectivity index (χ2n) is 7.84. The van der Waals surface area contributed by atoms with Crippen LogP contribution in [0.4, 0.5) is 5.00 Å². The molecule has 1 amide bonds. The van der Waals surface area contributed by atoms with Crippen LogP contribution in [0.1, 0.15) is 30.1 Å². The Kier molecular flexibility index (Phi) is 7.61. The van der Waals surface area contributed by atoms with Gasteiger partial charge in [-0.05, 0) is 44.2 Å². The maximum atomic E-state index is 13.2. The van der Waals surface area contributed by atoms with E-state index in [0.29, 0.717) is 33.2 Å². The second-order valence-corrected chi connectivity index (χ2v) is 11.6. The molecule has 4 rings (SSSR count). The Hall–Kier alpha value is -2.40. The van der Waals surface area contributed by atoms with E-state index < -0.39 is 16.0 Å². The van der Waals surface area contributed by atoms with Gasteiger partial charge >= 0.3 is 5.97 Å². The third-order valence-electron chi connectivity index (χ3n) is 5.82. The lowest BCUT2D eigenvalue weighted by Gasteiger charge is -2.31. The first-order chi connectivity index (χ1) is 16.4. The zero-order valence-electron chi connectivity index (χ0n) is 18.9. The van der Waals surface area contributed by atoms with Crippen molar-refractivity contribution < 1.29 is 22.7 Å². The lowest BCUT2D eigenvalue weighted by atomic mass is 9.97. The van der Waals surface area contributed by atoms with Gasteiger partial charge in [-0.25, -0.2) is 13.2 Å². The SMILES string of the molecule is CCOC(=O)c1c(NC(=O)C2CCN(S(=O)(=O)c3ccccc3SC)CC2)sc2ccccc12. The predicted molar refractivity (Wildman–Crippen MR) is 136 cm³/mol. The van der Waals surface area contributed by atoms with Gasteiger partial charge in [0, 0.05) is 34.0 Å². The number of esters is 1. The number of carbonyl (C=O) groups excluding carboxylic acids is 2. The molecule has 0 bridgehead atoms. The van der Waals surface area contributed by atoms with Crippen molar-refractivity contribution in [3.8, 4) is 0 Å². The van der Waals surface area contributed by atoms with Crippen molar-refractivity contribution in [2.75, 3.05) is 31.3 Å². The number of rotatable bonds is 7. The van der Waals surface area contributed by atoms with Gasteiger partial charge in [-0.2, -0.15) is 4.31 Å². The molecule has 1 saturated heterocycles. The number of sulfonamides is 1. The van der Waals surface area contributed by atoms with Gasteiger partial charge in [-0.3, -0.25) is 4.79 Å². The summed E-state index contributed by atoms with van der Waals surface area (Å²) in [6.07, 6.45) is 2.67. The number of thiophene rings is 1. The molecule has 0 unspecified atom stereocenters. The first-order valence-corrected chi connectivity index (χ1v) is 14.5. The van der Waals surface area contributed by atoms with Crippen molar-refractivity contribution in [2.45, 2.75) is 29.6 Å². The molecule has 2 aromatic carbocycles. The van der Waals surface area contributed by atoms with Gasteiger partial charge in [0.25, 0.3) is 0 Å². The minimum absolute atomic E-state index is 0.210. The summed E-state index contributed by atoms with van der Waals surface area (Å²) in [6.45, 7) is 2.51. The summed E-state index contributed by atoms with van der Waals surface area (Å²) in [5, 5.41) is 4.13. The number of piperidine rings is 1. The molecule has 34 heavy (non-hydrogen) atoms. The molecule has 0 atom stereocenters. The Morgan fingerprint density at radius 3 is 2.50 bits per heavy atom. The van der Waals surface area contributed by atoms with Crippen LogP contribution in [0.5, 0.6) is 0 Å². The topological polar surface area (TPSA) is 92.8 Å². The average molecular weight is 519 g/mol. The highest BCUT2D eigenvalue weighted by Gasteiger charge is 2.34. The van der Waals surface area contributed by atoms with E-state index in [1.54, 1.807) is 25.1 Å². The minimum Gasteiger partial charge on any atom is -0.462 e. The van der Waals surface area contributed by atoms with Crippen LogP contribution < -0.4 is 5.32 Å². The smallest absolute Gasteiger partial charge is 0.341 e. The number of carbonyl (C=O) groups is 2. The maximum absolute atomic E-state index is 13.2. The molecule has 10 heteroatoms. The number of thioether (sulfide) groups is 1. The zero-order valence-corrected chi connectivity index (χ0v) is 21.4. The average Bonchev–Trinajstić information content (AvgIpc) is 3.22. The summed E-state index contributed by atoms with van der Waals surface area (Å²) in [4.78, 5) is 26.7. The van der Waals surface area contributed by atoms with Crippen LogP contribution in [-0.4, -0.2) is 50.6 Å². The third-order valence-corrected chi connectivity index (χ3v) is 9.79. The number of benzene rings is 2. The normalized spacial score (nSPS) is 15.4. The van der Waals surface area contributed by atoms with E-state index >= 15 is 0 Å². The van der Waals surface area contributed by atoms with E-state index in [1.165, 1.54) is 27.4 Å². The van der Waals surface area contributed by atoms with Crippen LogP contribution in [-0.2, 0) is 19.6 Å². The molecule has 0 aliphatic carbocycles. The molecule has 1 aromatic heterocycles. The number of nitrogens with one attached hydrogen (secondary N) is 1. The molecule has 1 N–H and O–H groups in total. The lowest BCUT2D eigenvalue weighted by molar-refractivity contribution is -0.120. The van der Waals surface area contributed by atoms with E-state index in [-0.39, 0.29) is 31.5 Å². The van der Waals surface area contributed by atoms with E-state index in [4.69, 9.17) is 4.74 Å². The molecule has 1 aliphatic rings. The van der Waals surface area contributed by atoms with Gasteiger partial charge in [-0.15, -0.1) is 23.1 Å². The molecule has 180 valence electrons. The number of fused-ring (bicyclic) bond motifs is 1. The Morgan fingerprint density at radius 1 is 1.12 bits per heavy atom. The summed E-state index contributed by atoms with van der Waals surface area (Å²) in [5.41, 5.74) is 0.365. The summed E-state index contributed by atoms with van der Waals surface area (Å²) in [6, 6.07) is 14.4. The summed E-state index contributed by atoms with van der Waals surface area (Å²) < 4.78 is 33.9. The Balaban J connectivity index is 1.48. The number of ether oxygens (including phenoxy) is 1.